The molecule has 1 aromatic carbocycles. The maximum atomic E-state index is 5.75. The van der Waals surface area contributed by atoms with Crippen LogP contribution in [0.25, 0.3) is 0 Å². The molecule has 2 heteroatoms. The molecule has 1 aliphatic rings. The molecule has 0 radical (unpaired) electrons. The van der Waals surface area contributed by atoms with Gasteiger partial charge in [-0.2, -0.15) is 0 Å². The minimum Gasteiger partial charge on any atom is -0.399 e. The maximum absolute atomic E-state index is 5.75. The Bertz CT molecular complexity index is 419. The summed E-state index contributed by atoms with van der Waals surface area (Å²) >= 11 is 0. The minimum atomic E-state index is 0.446. The van der Waals surface area contributed by atoms with Crippen molar-refractivity contribution in [2.45, 2.75) is 34.6 Å². The lowest BCUT2D eigenvalue weighted by Gasteiger charge is -2.11. The highest BCUT2D eigenvalue weighted by Crippen LogP contribution is 2.68. The van der Waals surface area contributed by atoms with Crippen molar-refractivity contribution in [1.29, 1.82) is 0 Å². The Hall–Kier alpha value is -1.18. The van der Waals surface area contributed by atoms with Gasteiger partial charge in [0.05, 0.1) is 0 Å². The molecule has 0 bridgehead atoms. The molecule has 1 fully saturated rings. The molecule has 0 aliphatic heterocycles. The molecule has 2 rings (SSSR count). The summed E-state index contributed by atoms with van der Waals surface area (Å²) < 4.78 is 0. The molecule has 1 aliphatic carbocycles. The van der Waals surface area contributed by atoms with Crippen LogP contribution in [0, 0.1) is 23.7 Å². The highest BCUT2D eigenvalue weighted by molar-refractivity contribution is 5.57. The molecule has 94 valence electrons. The Balaban J connectivity index is 2.00. The van der Waals surface area contributed by atoms with Crippen LogP contribution in [0.5, 0.6) is 0 Å². The molecular weight excluding hydrogens is 208 g/mol. The van der Waals surface area contributed by atoms with Gasteiger partial charge in [-0.05, 0) is 47.4 Å². The van der Waals surface area contributed by atoms with E-state index in [-0.39, 0.29) is 0 Å². The Morgan fingerprint density at radius 1 is 1.18 bits per heavy atom. The molecule has 3 N–H and O–H groups in total. The van der Waals surface area contributed by atoms with Crippen molar-refractivity contribution in [3.8, 4) is 0 Å². The summed E-state index contributed by atoms with van der Waals surface area (Å²) in [6, 6.07) is 6.05. The predicted octanol–water partition coefficient (Wildman–Crippen LogP) is 3.67. The number of aryl methyl sites for hydroxylation is 1. The number of nitrogens with two attached hydrogens (primary N) is 1. The highest BCUT2D eigenvalue weighted by atomic mass is 14.9. The van der Waals surface area contributed by atoms with Crippen LogP contribution in [-0.2, 0) is 0 Å². The fourth-order valence-corrected chi connectivity index (χ4v) is 2.94. The second kappa shape index (κ2) is 3.66. The largest absolute Gasteiger partial charge is 0.399 e. The lowest BCUT2D eigenvalue weighted by atomic mass is 10.0. The normalized spacial score (nSPS) is 21.2. The topological polar surface area (TPSA) is 38.0 Å². The smallest absolute Gasteiger partial charge is 0.0371 e. The lowest BCUT2D eigenvalue weighted by molar-refractivity contribution is 0.457. The van der Waals surface area contributed by atoms with Crippen LogP contribution in [0.15, 0.2) is 18.2 Å². The van der Waals surface area contributed by atoms with E-state index in [2.05, 4.69) is 46.0 Å². The number of anilines is 2. The molecule has 0 atom stereocenters. The monoisotopic (exact) mass is 232 g/mol. The third kappa shape index (κ3) is 1.90. The maximum Gasteiger partial charge on any atom is 0.0371 e. The van der Waals surface area contributed by atoms with E-state index in [0.717, 1.165) is 18.2 Å². The van der Waals surface area contributed by atoms with Crippen molar-refractivity contribution in [3.05, 3.63) is 23.8 Å². The number of nitrogen functional groups attached to an aromatic ring is 1. The molecule has 1 aromatic rings. The molecule has 0 heterocycles. The number of nitrogens with one attached hydrogen (secondary N) is 1. The van der Waals surface area contributed by atoms with E-state index in [0.29, 0.717) is 10.8 Å². The molecule has 2 nitrogen and oxygen atoms in total. The average Bonchev–Trinajstić information content (AvgIpc) is 2.58. The van der Waals surface area contributed by atoms with Crippen LogP contribution in [0.2, 0.25) is 0 Å². The van der Waals surface area contributed by atoms with Gasteiger partial charge in [0, 0.05) is 17.9 Å². The second-order valence-electron chi connectivity index (χ2n) is 6.45. The van der Waals surface area contributed by atoms with E-state index in [1.807, 2.05) is 12.1 Å². The molecule has 0 amide bonds. The lowest BCUT2D eigenvalue weighted by Crippen LogP contribution is -2.09. The van der Waals surface area contributed by atoms with Gasteiger partial charge in [0.25, 0.3) is 0 Å². The fraction of sp³-hybridized carbons (Fsp3) is 0.600. The van der Waals surface area contributed by atoms with Crippen LogP contribution < -0.4 is 11.1 Å². The van der Waals surface area contributed by atoms with Crippen molar-refractivity contribution in [3.63, 3.8) is 0 Å². The van der Waals surface area contributed by atoms with Gasteiger partial charge in [0.2, 0.25) is 0 Å². The summed E-state index contributed by atoms with van der Waals surface area (Å²) in [7, 11) is 0. The summed E-state index contributed by atoms with van der Waals surface area (Å²) in [5.41, 5.74) is 9.91. The first kappa shape index (κ1) is 12.3. The Morgan fingerprint density at radius 3 is 2.24 bits per heavy atom. The van der Waals surface area contributed by atoms with E-state index in [4.69, 9.17) is 5.73 Å². The van der Waals surface area contributed by atoms with E-state index >= 15 is 0 Å². The van der Waals surface area contributed by atoms with Gasteiger partial charge in [-0.1, -0.05) is 27.7 Å². The zero-order chi connectivity index (χ0) is 12.8. The quantitative estimate of drug-likeness (QED) is 0.780. The van der Waals surface area contributed by atoms with Crippen LogP contribution in [-0.4, -0.2) is 6.54 Å². The van der Waals surface area contributed by atoms with Gasteiger partial charge in [-0.3, -0.25) is 0 Å². The first-order valence-electron chi connectivity index (χ1n) is 6.37. The van der Waals surface area contributed by atoms with E-state index < -0.39 is 0 Å². The van der Waals surface area contributed by atoms with Crippen molar-refractivity contribution in [2.75, 3.05) is 17.6 Å². The summed E-state index contributed by atoms with van der Waals surface area (Å²) in [5.74, 6) is 0.743. The molecule has 0 aromatic heterocycles. The number of rotatable bonds is 3. The number of benzene rings is 1. The first-order valence-corrected chi connectivity index (χ1v) is 6.37. The van der Waals surface area contributed by atoms with Gasteiger partial charge in [-0.15, -0.1) is 0 Å². The predicted molar refractivity (Wildman–Crippen MR) is 75.1 cm³/mol. The van der Waals surface area contributed by atoms with Crippen molar-refractivity contribution < 1.29 is 0 Å². The van der Waals surface area contributed by atoms with Crippen LogP contribution >= 0.6 is 0 Å². The van der Waals surface area contributed by atoms with E-state index in [1.54, 1.807) is 0 Å². The van der Waals surface area contributed by atoms with Gasteiger partial charge in [0.1, 0.15) is 0 Å². The highest BCUT2D eigenvalue weighted by Gasteiger charge is 2.63. The van der Waals surface area contributed by atoms with Gasteiger partial charge >= 0.3 is 0 Å². The molecule has 1 saturated carbocycles. The van der Waals surface area contributed by atoms with Gasteiger partial charge in [0.15, 0.2) is 0 Å². The van der Waals surface area contributed by atoms with Crippen molar-refractivity contribution in [2.24, 2.45) is 16.7 Å². The zero-order valence-corrected chi connectivity index (χ0v) is 11.6. The fourth-order valence-electron chi connectivity index (χ4n) is 2.94. The van der Waals surface area contributed by atoms with E-state index in [9.17, 15) is 0 Å². The minimum absolute atomic E-state index is 0.446. The van der Waals surface area contributed by atoms with Crippen molar-refractivity contribution in [1.82, 2.24) is 0 Å². The standard InChI is InChI=1S/C15H24N2/c1-10-8-11(16)6-7-12(10)17-9-13-14(2,3)15(13,4)5/h6-8,13,17H,9,16H2,1-5H3. The Labute approximate surface area is 105 Å². The summed E-state index contributed by atoms with van der Waals surface area (Å²) in [4.78, 5) is 0. The number of hydrogen-bond acceptors (Lipinski definition) is 2. The van der Waals surface area contributed by atoms with Crippen LogP contribution in [0.3, 0.4) is 0 Å². The third-order valence-corrected chi connectivity index (χ3v) is 5.07. The summed E-state index contributed by atoms with van der Waals surface area (Å²) in [6.45, 7) is 12.6. The van der Waals surface area contributed by atoms with Crippen molar-refractivity contribution >= 4 is 11.4 Å². The van der Waals surface area contributed by atoms with Crippen LogP contribution in [0.1, 0.15) is 33.3 Å². The molecule has 17 heavy (non-hydrogen) atoms. The SMILES string of the molecule is Cc1cc(N)ccc1NCC1C(C)(C)C1(C)C. The molecule has 0 spiro atoms. The number of hydrogen-bond donors (Lipinski definition) is 2. The Kier molecular flexibility index (Phi) is 2.64. The zero-order valence-electron chi connectivity index (χ0n) is 11.6. The van der Waals surface area contributed by atoms with Gasteiger partial charge < -0.3 is 11.1 Å². The van der Waals surface area contributed by atoms with E-state index in [1.165, 1.54) is 11.3 Å². The second-order valence-corrected chi connectivity index (χ2v) is 6.45. The molecule has 0 unspecified atom stereocenters. The summed E-state index contributed by atoms with van der Waals surface area (Å²) in [5, 5.41) is 3.56. The first-order chi connectivity index (χ1) is 7.76. The van der Waals surface area contributed by atoms with Crippen LogP contribution in [0.4, 0.5) is 11.4 Å². The molecular formula is C15H24N2. The Morgan fingerprint density at radius 2 is 1.76 bits per heavy atom. The summed E-state index contributed by atoms with van der Waals surface area (Å²) in [6.07, 6.45) is 0. The average molecular weight is 232 g/mol. The third-order valence-electron chi connectivity index (χ3n) is 5.07. The van der Waals surface area contributed by atoms with Gasteiger partial charge in [-0.25, -0.2) is 0 Å². The molecule has 0 saturated heterocycles.